The molecule has 0 aliphatic rings. The zero-order valence-electron chi connectivity index (χ0n) is 15.9. The SMILES string of the molecule is CC(C)(C)C(=O)Nc1cnccc1C(O)c1ccc(C(C)(C)C)cc1. The van der Waals surface area contributed by atoms with Crippen LogP contribution in [0.1, 0.15) is 64.3 Å². The Morgan fingerprint density at radius 3 is 2.16 bits per heavy atom. The fraction of sp³-hybridized carbons (Fsp3) is 0.429. The first-order valence-corrected chi connectivity index (χ1v) is 8.54. The first kappa shape index (κ1) is 19.1. The van der Waals surface area contributed by atoms with Crippen molar-refractivity contribution in [2.24, 2.45) is 5.41 Å². The van der Waals surface area contributed by atoms with Gasteiger partial charge in [-0.1, -0.05) is 65.8 Å². The molecular formula is C21H28N2O2. The molecule has 1 aromatic heterocycles. The molecule has 0 aliphatic carbocycles. The van der Waals surface area contributed by atoms with E-state index >= 15 is 0 Å². The van der Waals surface area contributed by atoms with Crippen LogP contribution in [0.15, 0.2) is 42.7 Å². The van der Waals surface area contributed by atoms with Gasteiger partial charge in [0.2, 0.25) is 5.91 Å². The van der Waals surface area contributed by atoms with Crippen molar-refractivity contribution in [1.29, 1.82) is 0 Å². The minimum absolute atomic E-state index is 0.0615. The highest BCUT2D eigenvalue weighted by Gasteiger charge is 2.24. The van der Waals surface area contributed by atoms with Gasteiger partial charge >= 0.3 is 0 Å². The lowest BCUT2D eigenvalue weighted by Crippen LogP contribution is -2.28. The predicted octanol–water partition coefficient (Wildman–Crippen LogP) is 4.45. The normalized spacial score (nSPS) is 13.4. The quantitative estimate of drug-likeness (QED) is 0.868. The molecule has 0 fully saturated rings. The Balaban J connectivity index is 2.31. The topological polar surface area (TPSA) is 62.2 Å². The Labute approximate surface area is 150 Å². The summed E-state index contributed by atoms with van der Waals surface area (Å²) in [5, 5.41) is 13.7. The predicted molar refractivity (Wildman–Crippen MR) is 102 cm³/mol. The monoisotopic (exact) mass is 340 g/mol. The highest BCUT2D eigenvalue weighted by molar-refractivity contribution is 5.95. The number of nitrogens with one attached hydrogen (secondary N) is 1. The number of hydrogen-bond donors (Lipinski definition) is 2. The second-order valence-electron chi connectivity index (χ2n) is 8.44. The van der Waals surface area contributed by atoms with E-state index in [0.29, 0.717) is 11.3 Å². The van der Waals surface area contributed by atoms with E-state index in [1.165, 1.54) is 5.56 Å². The van der Waals surface area contributed by atoms with Crippen LogP contribution in [0, 0.1) is 5.41 Å². The lowest BCUT2D eigenvalue weighted by atomic mass is 9.86. The van der Waals surface area contributed by atoms with Crippen molar-refractivity contribution < 1.29 is 9.90 Å². The summed E-state index contributed by atoms with van der Waals surface area (Å²) < 4.78 is 0. The molecule has 1 atom stereocenters. The Kier molecular flexibility index (Phi) is 5.33. The van der Waals surface area contributed by atoms with Gasteiger partial charge in [0.15, 0.2) is 0 Å². The number of anilines is 1. The van der Waals surface area contributed by atoms with Crippen LogP contribution in [-0.2, 0) is 10.2 Å². The highest BCUT2D eigenvalue weighted by atomic mass is 16.3. The third-order valence-corrected chi connectivity index (χ3v) is 4.17. The Morgan fingerprint density at radius 2 is 1.64 bits per heavy atom. The molecule has 4 heteroatoms. The van der Waals surface area contributed by atoms with Crippen molar-refractivity contribution >= 4 is 11.6 Å². The maximum absolute atomic E-state index is 12.3. The van der Waals surface area contributed by atoms with Crippen LogP contribution in [-0.4, -0.2) is 16.0 Å². The molecule has 134 valence electrons. The molecule has 1 unspecified atom stereocenters. The molecular weight excluding hydrogens is 312 g/mol. The first-order valence-electron chi connectivity index (χ1n) is 8.54. The molecule has 1 heterocycles. The van der Waals surface area contributed by atoms with Gasteiger partial charge in [0.1, 0.15) is 6.10 Å². The average molecular weight is 340 g/mol. The van der Waals surface area contributed by atoms with Gasteiger partial charge in [-0.15, -0.1) is 0 Å². The zero-order chi connectivity index (χ0) is 18.8. The lowest BCUT2D eigenvalue weighted by molar-refractivity contribution is -0.123. The molecule has 25 heavy (non-hydrogen) atoms. The number of hydrogen-bond acceptors (Lipinski definition) is 3. The molecule has 0 saturated heterocycles. The summed E-state index contributed by atoms with van der Waals surface area (Å²) in [6.45, 7) is 12.0. The Hall–Kier alpha value is -2.20. The third kappa shape index (κ3) is 4.67. The maximum atomic E-state index is 12.3. The lowest BCUT2D eigenvalue weighted by Gasteiger charge is -2.22. The zero-order valence-corrected chi connectivity index (χ0v) is 15.9. The standard InChI is InChI=1S/C21H28N2O2/c1-20(2,3)15-9-7-14(8-10-15)18(24)16-11-12-22-13-17(16)23-19(25)21(4,5)6/h7-13,18,24H,1-6H3,(H,23,25). The van der Waals surface area contributed by atoms with Gasteiger partial charge in [0.25, 0.3) is 0 Å². The third-order valence-electron chi connectivity index (χ3n) is 4.17. The van der Waals surface area contributed by atoms with Crippen LogP contribution >= 0.6 is 0 Å². The minimum atomic E-state index is -0.827. The number of amides is 1. The molecule has 0 radical (unpaired) electrons. The molecule has 2 rings (SSSR count). The van der Waals surface area contributed by atoms with Gasteiger partial charge in [-0.2, -0.15) is 0 Å². The van der Waals surface area contributed by atoms with Crippen LogP contribution in [0.25, 0.3) is 0 Å². The molecule has 2 N–H and O–H groups in total. The maximum Gasteiger partial charge on any atom is 0.229 e. The van der Waals surface area contributed by atoms with Gasteiger partial charge in [0.05, 0.1) is 11.9 Å². The molecule has 1 amide bonds. The number of aliphatic hydroxyl groups excluding tert-OH is 1. The molecule has 0 aliphatic heterocycles. The molecule has 2 aromatic rings. The van der Waals surface area contributed by atoms with E-state index in [-0.39, 0.29) is 11.3 Å². The van der Waals surface area contributed by atoms with Crippen LogP contribution in [0.3, 0.4) is 0 Å². The molecule has 0 spiro atoms. The van der Waals surface area contributed by atoms with Crippen LogP contribution in [0.4, 0.5) is 5.69 Å². The van der Waals surface area contributed by atoms with Crippen molar-refractivity contribution in [1.82, 2.24) is 4.98 Å². The number of nitrogens with zero attached hydrogens (tertiary/aromatic N) is 1. The van der Waals surface area contributed by atoms with Gasteiger partial charge in [0, 0.05) is 17.2 Å². The summed E-state index contributed by atoms with van der Waals surface area (Å²) in [7, 11) is 0. The van der Waals surface area contributed by atoms with Gasteiger partial charge < -0.3 is 10.4 Å². The molecule has 4 nitrogen and oxygen atoms in total. The number of aromatic nitrogens is 1. The van der Waals surface area contributed by atoms with Crippen molar-refractivity contribution in [2.75, 3.05) is 5.32 Å². The first-order chi connectivity index (χ1) is 11.5. The number of rotatable bonds is 3. The minimum Gasteiger partial charge on any atom is -0.384 e. The number of benzene rings is 1. The van der Waals surface area contributed by atoms with Crippen molar-refractivity contribution in [2.45, 2.75) is 53.1 Å². The summed E-state index contributed by atoms with van der Waals surface area (Å²) in [5.74, 6) is -0.114. The van der Waals surface area contributed by atoms with Crippen LogP contribution in [0.2, 0.25) is 0 Å². The van der Waals surface area contributed by atoms with Crippen molar-refractivity contribution in [3.8, 4) is 0 Å². The molecule has 0 bridgehead atoms. The summed E-state index contributed by atoms with van der Waals surface area (Å²) in [5.41, 5.74) is 2.70. The second kappa shape index (κ2) is 6.96. The Morgan fingerprint density at radius 1 is 1.04 bits per heavy atom. The molecule has 0 saturated carbocycles. The van der Waals surface area contributed by atoms with E-state index in [9.17, 15) is 9.90 Å². The number of aliphatic hydroxyl groups is 1. The second-order valence-corrected chi connectivity index (χ2v) is 8.44. The van der Waals surface area contributed by atoms with Gasteiger partial charge in [-0.05, 0) is 22.6 Å². The summed E-state index contributed by atoms with van der Waals surface area (Å²) in [6, 6.07) is 9.67. The largest absolute Gasteiger partial charge is 0.384 e. The van der Waals surface area contributed by atoms with E-state index in [1.807, 2.05) is 45.0 Å². The van der Waals surface area contributed by atoms with Crippen molar-refractivity contribution in [3.63, 3.8) is 0 Å². The van der Waals surface area contributed by atoms with E-state index < -0.39 is 11.5 Å². The van der Waals surface area contributed by atoms with Crippen molar-refractivity contribution in [3.05, 3.63) is 59.4 Å². The summed E-state index contributed by atoms with van der Waals surface area (Å²) in [4.78, 5) is 16.4. The number of pyridine rings is 1. The number of carbonyl (C=O) groups is 1. The van der Waals surface area contributed by atoms with Gasteiger partial charge in [-0.25, -0.2) is 0 Å². The highest BCUT2D eigenvalue weighted by Crippen LogP contribution is 2.30. The average Bonchev–Trinajstić information content (AvgIpc) is 2.53. The summed E-state index contributed by atoms with van der Waals surface area (Å²) >= 11 is 0. The fourth-order valence-electron chi connectivity index (χ4n) is 2.40. The fourth-order valence-corrected chi connectivity index (χ4v) is 2.40. The smallest absolute Gasteiger partial charge is 0.229 e. The van der Waals surface area contributed by atoms with E-state index in [4.69, 9.17) is 0 Å². The van der Waals surface area contributed by atoms with E-state index in [1.54, 1.807) is 18.5 Å². The van der Waals surface area contributed by atoms with Crippen LogP contribution in [0.5, 0.6) is 0 Å². The molecule has 1 aromatic carbocycles. The summed E-state index contributed by atoms with van der Waals surface area (Å²) in [6.07, 6.45) is 2.37. The van der Waals surface area contributed by atoms with E-state index in [2.05, 4.69) is 31.1 Å². The number of carbonyl (C=O) groups excluding carboxylic acids is 1. The van der Waals surface area contributed by atoms with E-state index in [0.717, 1.165) is 5.56 Å². The van der Waals surface area contributed by atoms with Crippen LogP contribution < -0.4 is 5.32 Å². The Bertz CT molecular complexity index is 738. The van der Waals surface area contributed by atoms with Gasteiger partial charge in [-0.3, -0.25) is 9.78 Å².